The number of hydrogen-bond donors (Lipinski definition) is 1. The summed E-state index contributed by atoms with van der Waals surface area (Å²) < 4.78 is 0. The van der Waals surface area contributed by atoms with Crippen molar-refractivity contribution in [2.24, 2.45) is 0 Å². The van der Waals surface area contributed by atoms with Gasteiger partial charge in [-0.3, -0.25) is 0 Å². The number of nitrogens with zero attached hydrogens (tertiary/aromatic N) is 3. The van der Waals surface area contributed by atoms with Gasteiger partial charge in [-0.25, -0.2) is 9.97 Å². The molecular weight excluding hydrogens is 188 g/mol. The third-order valence-electron chi connectivity index (χ3n) is 2.43. The van der Waals surface area contributed by atoms with Gasteiger partial charge in [-0.15, -0.1) is 0 Å². The molecule has 0 unspecified atom stereocenters. The van der Waals surface area contributed by atoms with Crippen molar-refractivity contribution in [2.75, 3.05) is 31.5 Å². The molecule has 0 aliphatic heterocycles. The zero-order chi connectivity index (χ0) is 10.9. The van der Waals surface area contributed by atoms with Gasteiger partial charge in [-0.2, -0.15) is 0 Å². The van der Waals surface area contributed by atoms with E-state index in [2.05, 4.69) is 34.0 Å². The Morgan fingerprint density at radius 3 is 2.73 bits per heavy atom. The lowest BCUT2D eigenvalue weighted by Gasteiger charge is -2.17. The summed E-state index contributed by atoms with van der Waals surface area (Å²) in [5.41, 5.74) is 0. The van der Waals surface area contributed by atoms with Gasteiger partial charge < -0.3 is 10.2 Å². The number of anilines is 1. The van der Waals surface area contributed by atoms with Crippen LogP contribution in [0.3, 0.4) is 0 Å². The molecule has 0 aliphatic carbocycles. The van der Waals surface area contributed by atoms with Crippen molar-refractivity contribution in [3.05, 3.63) is 18.6 Å². The van der Waals surface area contributed by atoms with E-state index in [9.17, 15) is 0 Å². The van der Waals surface area contributed by atoms with E-state index >= 15 is 0 Å². The average Bonchev–Trinajstić information content (AvgIpc) is 2.31. The molecule has 4 nitrogen and oxygen atoms in total. The van der Waals surface area contributed by atoms with Crippen LogP contribution in [0.4, 0.5) is 5.82 Å². The fourth-order valence-electron chi connectivity index (χ4n) is 1.45. The van der Waals surface area contributed by atoms with Gasteiger partial charge >= 0.3 is 0 Å². The molecule has 1 aromatic heterocycles. The first-order valence-electron chi connectivity index (χ1n) is 5.59. The van der Waals surface area contributed by atoms with Crippen LogP contribution in [0.2, 0.25) is 0 Å². The van der Waals surface area contributed by atoms with Crippen LogP contribution in [-0.2, 0) is 0 Å². The molecule has 1 heterocycles. The van der Waals surface area contributed by atoms with Crippen molar-refractivity contribution in [3.8, 4) is 0 Å². The summed E-state index contributed by atoms with van der Waals surface area (Å²) in [6.45, 7) is 8.76. The van der Waals surface area contributed by atoms with E-state index in [4.69, 9.17) is 0 Å². The Hall–Kier alpha value is -1.16. The van der Waals surface area contributed by atoms with E-state index < -0.39 is 0 Å². The maximum atomic E-state index is 4.10. The molecule has 0 spiro atoms. The molecule has 4 heteroatoms. The number of rotatable bonds is 7. The van der Waals surface area contributed by atoms with Crippen molar-refractivity contribution in [1.29, 1.82) is 0 Å². The van der Waals surface area contributed by atoms with Gasteiger partial charge in [0, 0.05) is 12.7 Å². The van der Waals surface area contributed by atoms with E-state index in [-0.39, 0.29) is 0 Å². The SMILES string of the molecule is CCN(CC)CCCNc1ccncn1. The molecule has 0 amide bonds. The third kappa shape index (κ3) is 4.74. The van der Waals surface area contributed by atoms with Crippen molar-refractivity contribution < 1.29 is 0 Å². The lowest BCUT2D eigenvalue weighted by molar-refractivity contribution is 0.303. The van der Waals surface area contributed by atoms with Crippen LogP contribution in [0.15, 0.2) is 18.6 Å². The zero-order valence-electron chi connectivity index (χ0n) is 9.61. The summed E-state index contributed by atoms with van der Waals surface area (Å²) in [5.74, 6) is 0.907. The Balaban J connectivity index is 2.12. The Morgan fingerprint density at radius 2 is 2.13 bits per heavy atom. The van der Waals surface area contributed by atoms with Gasteiger partial charge in [0.1, 0.15) is 12.1 Å². The van der Waals surface area contributed by atoms with E-state index in [0.29, 0.717) is 0 Å². The second-order valence-electron chi connectivity index (χ2n) is 3.40. The monoisotopic (exact) mass is 208 g/mol. The van der Waals surface area contributed by atoms with E-state index in [1.165, 1.54) is 0 Å². The molecule has 1 rings (SSSR count). The quantitative estimate of drug-likeness (QED) is 0.691. The lowest BCUT2D eigenvalue weighted by Crippen LogP contribution is -2.25. The van der Waals surface area contributed by atoms with Crippen LogP contribution >= 0.6 is 0 Å². The minimum absolute atomic E-state index is 0.907. The summed E-state index contributed by atoms with van der Waals surface area (Å²) in [4.78, 5) is 10.4. The molecule has 0 radical (unpaired) electrons. The summed E-state index contributed by atoms with van der Waals surface area (Å²) in [5, 5.41) is 3.27. The van der Waals surface area contributed by atoms with E-state index in [1.54, 1.807) is 12.5 Å². The standard InChI is InChI=1S/C11H20N4/c1-3-15(4-2)9-5-7-13-11-6-8-12-10-14-11/h6,8,10H,3-5,7,9H2,1-2H3,(H,12,13,14). The lowest BCUT2D eigenvalue weighted by atomic mass is 10.3. The van der Waals surface area contributed by atoms with Gasteiger partial charge in [0.05, 0.1) is 0 Å². The Kier molecular flexibility index (Phi) is 5.70. The average molecular weight is 208 g/mol. The molecule has 0 atom stereocenters. The van der Waals surface area contributed by atoms with Crippen molar-refractivity contribution in [1.82, 2.24) is 14.9 Å². The largest absolute Gasteiger partial charge is 0.370 e. The molecule has 0 fully saturated rings. The minimum atomic E-state index is 0.907. The Morgan fingerprint density at radius 1 is 1.33 bits per heavy atom. The first-order valence-corrected chi connectivity index (χ1v) is 5.59. The maximum Gasteiger partial charge on any atom is 0.129 e. The summed E-state index contributed by atoms with van der Waals surface area (Å²) >= 11 is 0. The van der Waals surface area contributed by atoms with E-state index in [1.807, 2.05) is 6.07 Å². The molecule has 0 aromatic carbocycles. The maximum absolute atomic E-state index is 4.10. The fourth-order valence-corrected chi connectivity index (χ4v) is 1.45. The second kappa shape index (κ2) is 7.17. The molecule has 1 aromatic rings. The molecule has 15 heavy (non-hydrogen) atoms. The zero-order valence-corrected chi connectivity index (χ0v) is 9.61. The van der Waals surface area contributed by atoms with Crippen molar-refractivity contribution in [2.45, 2.75) is 20.3 Å². The first-order chi connectivity index (χ1) is 7.36. The van der Waals surface area contributed by atoms with Crippen LogP contribution in [0.25, 0.3) is 0 Å². The Labute approximate surface area is 91.7 Å². The molecule has 0 aliphatic rings. The van der Waals surface area contributed by atoms with Crippen LogP contribution in [0.5, 0.6) is 0 Å². The van der Waals surface area contributed by atoms with Gasteiger partial charge in [0.25, 0.3) is 0 Å². The van der Waals surface area contributed by atoms with Gasteiger partial charge in [0.15, 0.2) is 0 Å². The van der Waals surface area contributed by atoms with Crippen LogP contribution < -0.4 is 5.32 Å². The summed E-state index contributed by atoms with van der Waals surface area (Å²) in [6, 6.07) is 1.89. The minimum Gasteiger partial charge on any atom is -0.370 e. The number of aromatic nitrogens is 2. The highest BCUT2D eigenvalue weighted by atomic mass is 15.1. The molecule has 1 N–H and O–H groups in total. The Bertz CT molecular complexity index is 246. The highest BCUT2D eigenvalue weighted by Gasteiger charge is 1.97. The van der Waals surface area contributed by atoms with E-state index in [0.717, 1.165) is 38.4 Å². The normalized spacial score (nSPS) is 10.6. The van der Waals surface area contributed by atoms with Gasteiger partial charge in [-0.1, -0.05) is 13.8 Å². The van der Waals surface area contributed by atoms with Gasteiger partial charge in [-0.05, 0) is 32.1 Å². The molecular formula is C11H20N4. The topological polar surface area (TPSA) is 41.0 Å². The van der Waals surface area contributed by atoms with Crippen LogP contribution in [0, 0.1) is 0 Å². The number of nitrogens with one attached hydrogen (secondary N) is 1. The first kappa shape index (κ1) is 11.9. The van der Waals surface area contributed by atoms with Crippen LogP contribution in [-0.4, -0.2) is 41.0 Å². The second-order valence-corrected chi connectivity index (χ2v) is 3.40. The molecule has 0 bridgehead atoms. The van der Waals surface area contributed by atoms with Crippen molar-refractivity contribution >= 4 is 5.82 Å². The summed E-state index contributed by atoms with van der Waals surface area (Å²) in [7, 11) is 0. The van der Waals surface area contributed by atoms with Crippen molar-refractivity contribution in [3.63, 3.8) is 0 Å². The summed E-state index contributed by atoms with van der Waals surface area (Å²) in [6.07, 6.45) is 4.46. The fraction of sp³-hybridized carbons (Fsp3) is 0.636. The molecule has 84 valence electrons. The molecule has 0 saturated heterocycles. The van der Waals surface area contributed by atoms with Gasteiger partial charge in [0.2, 0.25) is 0 Å². The van der Waals surface area contributed by atoms with Crippen LogP contribution in [0.1, 0.15) is 20.3 Å². The highest BCUT2D eigenvalue weighted by Crippen LogP contribution is 1.98. The molecule has 0 saturated carbocycles. The third-order valence-corrected chi connectivity index (χ3v) is 2.43. The number of hydrogen-bond acceptors (Lipinski definition) is 4. The smallest absolute Gasteiger partial charge is 0.129 e. The highest BCUT2D eigenvalue weighted by molar-refractivity contribution is 5.31. The predicted octanol–water partition coefficient (Wildman–Crippen LogP) is 1.62. The predicted molar refractivity (Wildman–Crippen MR) is 62.9 cm³/mol.